The second kappa shape index (κ2) is 9.13. The fourth-order valence-electron chi connectivity index (χ4n) is 4.75. The Morgan fingerprint density at radius 2 is 1.47 bits per heavy atom. The third kappa shape index (κ3) is 3.84. The van der Waals surface area contributed by atoms with E-state index in [4.69, 9.17) is 21.9 Å². The molecule has 2 aromatic heterocycles. The van der Waals surface area contributed by atoms with E-state index in [1.54, 1.807) is 16.3 Å². The Morgan fingerprint density at radius 3 is 2.29 bits per heavy atom. The summed E-state index contributed by atoms with van der Waals surface area (Å²) in [7, 11) is 0. The first-order valence-electron chi connectivity index (χ1n) is 12.1. The van der Waals surface area contributed by atoms with Crippen molar-refractivity contribution in [1.82, 2.24) is 14.5 Å². The number of benzene rings is 4. The number of H-pyrrole nitrogens is 1. The average molecular weight is 529 g/mol. The molecule has 2 N–H and O–H groups in total. The van der Waals surface area contributed by atoms with E-state index in [-0.39, 0.29) is 0 Å². The van der Waals surface area contributed by atoms with Crippen LogP contribution in [0, 0.1) is 10.2 Å². The fourth-order valence-corrected chi connectivity index (χ4v) is 6.03. The molecule has 0 unspecified atom stereocenters. The second-order valence-corrected chi connectivity index (χ2v) is 10.4. The van der Waals surface area contributed by atoms with Gasteiger partial charge in [0.1, 0.15) is 22.6 Å². The molecule has 0 atom stereocenters. The minimum Gasteiger partial charge on any atom is -0.455 e. The van der Waals surface area contributed by atoms with Crippen molar-refractivity contribution in [2.75, 3.05) is 0 Å². The van der Waals surface area contributed by atoms with E-state index in [0.29, 0.717) is 21.3 Å². The van der Waals surface area contributed by atoms with Gasteiger partial charge in [-0.25, -0.2) is 4.98 Å². The van der Waals surface area contributed by atoms with Crippen LogP contribution in [0.2, 0.25) is 0 Å². The number of para-hydroxylation sites is 2. The van der Waals surface area contributed by atoms with Gasteiger partial charge in [-0.15, -0.1) is 0 Å². The van der Waals surface area contributed by atoms with Gasteiger partial charge < -0.3 is 9.72 Å². The molecule has 6 aromatic rings. The Balaban J connectivity index is 1.45. The maximum atomic E-state index is 9.19. The molecule has 0 saturated heterocycles. The third-order valence-electron chi connectivity index (χ3n) is 6.54. The Labute approximate surface area is 227 Å². The largest absolute Gasteiger partial charge is 0.455 e. The molecule has 0 radical (unpaired) electrons. The molecule has 0 spiro atoms. The first-order valence-corrected chi connectivity index (χ1v) is 13.3. The van der Waals surface area contributed by atoms with Crippen LogP contribution in [-0.4, -0.2) is 14.5 Å². The standard InChI is InChI=1S/C31H20N4OS2/c32-29-28-22(19-9-3-1-4-10-19)18-23(33-30(28)34-31(37)35(29)21-11-5-2-6-12-21)20-15-16-25-27(17-20)38-26-14-8-7-13-24(26)36-25/h1-18,32H,(H,33,34,37). The van der Waals surface area contributed by atoms with Gasteiger partial charge in [-0.1, -0.05) is 72.4 Å². The van der Waals surface area contributed by atoms with Gasteiger partial charge >= 0.3 is 0 Å². The van der Waals surface area contributed by atoms with Crippen LogP contribution in [-0.2, 0) is 0 Å². The van der Waals surface area contributed by atoms with Gasteiger partial charge in [0.05, 0.1) is 20.9 Å². The summed E-state index contributed by atoms with van der Waals surface area (Å²) in [5, 5.41) is 9.90. The zero-order valence-electron chi connectivity index (χ0n) is 20.0. The Kier molecular flexibility index (Phi) is 5.46. The number of hydrogen-bond donors (Lipinski definition) is 2. The summed E-state index contributed by atoms with van der Waals surface area (Å²) < 4.78 is 8.30. The number of nitrogens with one attached hydrogen (secondary N) is 2. The van der Waals surface area contributed by atoms with Gasteiger partial charge in [0, 0.05) is 11.3 Å². The van der Waals surface area contributed by atoms with E-state index in [1.165, 1.54) is 0 Å². The predicted octanol–water partition coefficient (Wildman–Crippen LogP) is 8.15. The molecule has 182 valence electrons. The Morgan fingerprint density at radius 1 is 0.763 bits per heavy atom. The molecule has 4 aromatic carbocycles. The normalized spacial score (nSPS) is 12.0. The second-order valence-electron chi connectivity index (χ2n) is 8.91. The third-order valence-corrected chi connectivity index (χ3v) is 7.92. The average Bonchev–Trinajstić information content (AvgIpc) is 2.96. The first-order chi connectivity index (χ1) is 18.7. The molecule has 1 aliphatic rings. The van der Waals surface area contributed by atoms with E-state index >= 15 is 0 Å². The minimum absolute atomic E-state index is 0.291. The van der Waals surface area contributed by atoms with Crippen LogP contribution in [0.4, 0.5) is 0 Å². The summed E-state index contributed by atoms with van der Waals surface area (Å²) in [6.45, 7) is 0. The minimum atomic E-state index is 0.291. The number of aromatic nitrogens is 3. The van der Waals surface area contributed by atoms with Crippen LogP contribution < -0.4 is 10.2 Å². The molecule has 0 bridgehead atoms. The lowest BCUT2D eigenvalue weighted by Gasteiger charge is -2.20. The quantitative estimate of drug-likeness (QED) is 0.227. The molecule has 0 aliphatic carbocycles. The van der Waals surface area contributed by atoms with Crippen molar-refractivity contribution in [3.8, 4) is 39.6 Å². The van der Waals surface area contributed by atoms with Crippen LogP contribution in [0.1, 0.15) is 0 Å². The highest BCUT2D eigenvalue weighted by atomic mass is 32.2. The summed E-state index contributed by atoms with van der Waals surface area (Å²) in [6, 6.07) is 36.1. The predicted molar refractivity (Wildman–Crippen MR) is 154 cm³/mol. The first kappa shape index (κ1) is 22.7. The van der Waals surface area contributed by atoms with Crippen molar-refractivity contribution >= 4 is 35.0 Å². The lowest BCUT2D eigenvalue weighted by molar-refractivity contribution is 0.454. The van der Waals surface area contributed by atoms with Gasteiger partial charge in [0.15, 0.2) is 4.77 Å². The maximum absolute atomic E-state index is 9.19. The highest BCUT2D eigenvalue weighted by Gasteiger charge is 2.20. The molecule has 1 aliphatic heterocycles. The van der Waals surface area contributed by atoms with Crippen molar-refractivity contribution in [1.29, 1.82) is 5.41 Å². The smallest absolute Gasteiger partial charge is 0.185 e. The molecule has 5 nitrogen and oxygen atoms in total. The summed E-state index contributed by atoms with van der Waals surface area (Å²) in [5.41, 5.74) is 5.37. The van der Waals surface area contributed by atoms with Crippen LogP contribution in [0.5, 0.6) is 11.5 Å². The van der Waals surface area contributed by atoms with E-state index in [2.05, 4.69) is 35.3 Å². The molecule has 0 saturated carbocycles. The van der Waals surface area contributed by atoms with E-state index in [1.807, 2.05) is 78.9 Å². The van der Waals surface area contributed by atoms with Gasteiger partial charge in [0.25, 0.3) is 0 Å². The number of pyridine rings is 1. The molecule has 0 fully saturated rings. The SMILES string of the molecule is N=c1c2c(-c3ccccc3)cc(-c3ccc4c(c3)Sc3ccccc3O4)nc2[nH]c(=S)n1-c1ccccc1. The topological polar surface area (TPSA) is 66.7 Å². The number of ether oxygens (including phenoxy) is 1. The summed E-state index contributed by atoms with van der Waals surface area (Å²) in [5.74, 6) is 1.70. The molecular formula is C31H20N4OS2. The number of nitrogens with zero attached hydrogens (tertiary/aromatic N) is 2. The highest BCUT2D eigenvalue weighted by Crippen LogP contribution is 2.48. The highest BCUT2D eigenvalue weighted by molar-refractivity contribution is 7.99. The summed E-state index contributed by atoms with van der Waals surface area (Å²) in [6.07, 6.45) is 0. The van der Waals surface area contributed by atoms with Crippen molar-refractivity contribution in [3.63, 3.8) is 0 Å². The zero-order valence-corrected chi connectivity index (χ0v) is 21.6. The number of hydrogen-bond acceptors (Lipinski definition) is 5. The van der Waals surface area contributed by atoms with Crippen LogP contribution in [0.15, 0.2) is 119 Å². The van der Waals surface area contributed by atoms with E-state index in [9.17, 15) is 5.41 Å². The van der Waals surface area contributed by atoms with Gasteiger partial charge in [-0.2, -0.15) is 0 Å². The molecule has 0 amide bonds. The fraction of sp³-hybridized carbons (Fsp3) is 0. The Hall–Kier alpha value is -4.46. The van der Waals surface area contributed by atoms with Crippen molar-refractivity contribution < 1.29 is 4.74 Å². The van der Waals surface area contributed by atoms with Gasteiger partial charge in [-0.05, 0) is 71.9 Å². The summed E-state index contributed by atoms with van der Waals surface area (Å²) in [4.78, 5) is 10.4. The zero-order chi connectivity index (χ0) is 25.6. The molecule has 38 heavy (non-hydrogen) atoms. The van der Waals surface area contributed by atoms with Crippen molar-refractivity contribution in [2.24, 2.45) is 0 Å². The molecule has 3 heterocycles. The van der Waals surface area contributed by atoms with Crippen molar-refractivity contribution in [3.05, 3.63) is 119 Å². The monoisotopic (exact) mass is 528 g/mol. The van der Waals surface area contributed by atoms with Crippen LogP contribution >= 0.6 is 24.0 Å². The molecule has 7 rings (SSSR count). The van der Waals surface area contributed by atoms with Gasteiger partial charge in [-0.3, -0.25) is 9.98 Å². The van der Waals surface area contributed by atoms with E-state index in [0.717, 1.165) is 49.4 Å². The number of rotatable bonds is 3. The lowest BCUT2D eigenvalue weighted by atomic mass is 10.00. The van der Waals surface area contributed by atoms with Gasteiger partial charge in [0.2, 0.25) is 0 Å². The molecule has 7 heteroatoms. The van der Waals surface area contributed by atoms with Crippen LogP contribution in [0.25, 0.3) is 39.1 Å². The van der Waals surface area contributed by atoms with Crippen molar-refractivity contribution in [2.45, 2.75) is 9.79 Å². The molecular weight excluding hydrogens is 509 g/mol. The Bertz CT molecular complexity index is 1970. The van der Waals surface area contributed by atoms with E-state index < -0.39 is 0 Å². The lowest BCUT2D eigenvalue weighted by Crippen LogP contribution is -2.22. The summed E-state index contributed by atoms with van der Waals surface area (Å²) >= 11 is 7.40. The number of fused-ring (bicyclic) bond motifs is 3. The van der Waals surface area contributed by atoms with Crippen LogP contribution in [0.3, 0.4) is 0 Å². The number of aromatic amines is 1. The maximum Gasteiger partial charge on any atom is 0.185 e.